The van der Waals surface area contributed by atoms with Crippen molar-refractivity contribution in [1.29, 1.82) is 0 Å². The average molecular weight is 259 g/mol. The van der Waals surface area contributed by atoms with E-state index in [1.807, 2.05) is 31.2 Å². The van der Waals surface area contributed by atoms with Crippen molar-refractivity contribution in [2.45, 2.75) is 19.4 Å². The van der Waals surface area contributed by atoms with E-state index in [2.05, 4.69) is 5.32 Å². The van der Waals surface area contributed by atoms with Gasteiger partial charge in [0.25, 0.3) is 5.91 Å². The van der Waals surface area contributed by atoms with Gasteiger partial charge < -0.3 is 15.8 Å². The first kappa shape index (κ1) is 15.7. The third-order valence-electron chi connectivity index (χ3n) is 2.13. The van der Waals surface area contributed by atoms with Gasteiger partial charge in [-0.1, -0.05) is 12.1 Å². The first-order valence-electron chi connectivity index (χ1n) is 5.29. The van der Waals surface area contributed by atoms with E-state index < -0.39 is 0 Å². The van der Waals surface area contributed by atoms with Crippen molar-refractivity contribution in [3.63, 3.8) is 0 Å². The van der Waals surface area contributed by atoms with Crippen LogP contribution in [-0.4, -0.2) is 25.6 Å². The Balaban J connectivity index is 0.00000256. The zero-order valence-corrected chi connectivity index (χ0v) is 10.9. The molecule has 0 aliphatic carbocycles. The van der Waals surface area contributed by atoms with Crippen molar-refractivity contribution in [2.24, 2.45) is 5.73 Å². The highest BCUT2D eigenvalue weighted by Crippen LogP contribution is 2.12. The van der Waals surface area contributed by atoms with Gasteiger partial charge in [0.15, 0.2) is 6.61 Å². The molecule has 96 valence electrons. The summed E-state index contributed by atoms with van der Waals surface area (Å²) in [5.74, 6) is 0.552. The molecule has 0 aliphatic heterocycles. The van der Waals surface area contributed by atoms with E-state index in [1.165, 1.54) is 5.56 Å². The molecule has 5 heteroatoms. The number of hydrogen-bond donors (Lipinski definition) is 2. The molecule has 0 spiro atoms. The van der Waals surface area contributed by atoms with Crippen molar-refractivity contribution in [3.05, 3.63) is 29.8 Å². The molecule has 4 nitrogen and oxygen atoms in total. The average Bonchev–Trinajstić information content (AvgIpc) is 2.27. The maximum Gasteiger partial charge on any atom is 0.257 e. The third kappa shape index (κ3) is 6.14. The van der Waals surface area contributed by atoms with Gasteiger partial charge >= 0.3 is 0 Å². The highest BCUT2D eigenvalue weighted by molar-refractivity contribution is 5.85. The normalized spacial score (nSPS) is 11.2. The topological polar surface area (TPSA) is 64.3 Å². The lowest BCUT2D eigenvalue weighted by Crippen LogP contribution is -2.24. The van der Waals surface area contributed by atoms with E-state index in [0.717, 1.165) is 6.42 Å². The van der Waals surface area contributed by atoms with Gasteiger partial charge in [-0.3, -0.25) is 4.79 Å². The second kappa shape index (κ2) is 7.92. The largest absolute Gasteiger partial charge is 0.484 e. The van der Waals surface area contributed by atoms with Crippen LogP contribution in [0.4, 0.5) is 0 Å². The van der Waals surface area contributed by atoms with E-state index >= 15 is 0 Å². The number of likely N-dealkylation sites (N-methyl/N-ethyl adjacent to an activating group) is 1. The lowest BCUT2D eigenvalue weighted by Gasteiger charge is -2.07. The fraction of sp³-hybridized carbons (Fsp3) is 0.417. The lowest BCUT2D eigenvalue weighted by molar-refractivity contribution is -0.122. The predicted octanol–water partition coefficient (Wildman–Crippen LogP) is 1.12. The Labute approximate surface area is 108 Å². The molecule has 0 fully saturated rings. The summed E-state index contributed by atoms with van der Waals surface area (Å²) in [6.45, 7) is 2.01. The molecular weight excluding hydrogens is 240 g/mol. The summed E-state index contributed by atoms with van der Waals surface area (Å²) in [6, 6.07) is 7.77. The van der Waals surface area contributed by atoms with Crippen molar-refractivity contribution in [3.8, 4) is 5.75 Å². The molecule has 1 amide bonds. The van der Waals surface area contributed by atoms with E-state index in [1.54, 1.807) is 7.05 Å². The van der Waals surface area contributed by atoms with Gasteiger partial charge in [-0.05, 0) is 31.0 Å². The number of carbonyl (C=O) groups is 1. The Morgan fingerprint density at radius 2 is 2.00 bits per heavy atom. The molecule has 0 saturated carbocycles. The first-order valence-corrected chi connectivity index (χ1v) is 5.29. The third-order valence-corrected chi connectivity index (χ3v) is 2.13. The van der Waals surface area contributed by atoms with E-state index in [9.17, 15) is 4.79 Å². The Bertz CT molecular complexity index is 339. The first-order chi connectivity index (χ1) is 7.61. The van der Waals surface area contributed by atoms with E-state index in [-0.39, 0.29) is 31.0 Å². The highest BCUT2D eigenvalue weighted by Gasteiger charge is 2.01. The minimum absolute atomic E-state index is 0. The fourth-order valence-corrected chi connectivity index (χ4v) is 1.31. The standard InChI is InChI=1S/C12H18N2O2.ClH/c1-9(13)7-10-3-5-11(6-4-10)16-8-12(15)14-2;/h3-6,9H,7-8,13H2,1-2H3,(H,14,15);1H/t9-;/m1./s1. The molecule has 0 saturated heterocycles. The van der Waals surface area contributed by atoms with Gasteiger partial charge in [0.05, 0.1) is 0 Å². The van der Waals surface area contributed by atoms with Crippen molar-refractivity contribution < 1.29 is 9.53 Å². The summed E-state index contributed by atoms with van der Waals surface area (Å²) in [4.78, 5) is 10.9. The van der Waals surface area contributed by atoms with Crippen LogP contribution in [-0.2, 0) is 11.2 Å². The summed E-state index contributed by atoms with van der Waals surface area (Å²) in [7, 11) is 1.58. The number of nitrogens with two attached hydrogens (primary N) is 1. The van der Waals surface area contributed by atoms with Crippen LogP contribution in [0.25, 0.3) is 0 Å². The van der Waals surface area contributed by atoms with Crippen LogP contribution in [0.3, 0.4) is 0 Å². The second-order valence-corrected chi connectivity index (χ2v) is 3.79. The number of amides is 1. The van der Waals surface area contributed by atoms with Crippen LogP contribution in [0.1, 0.15) is 12.5 Å². The minimum atomic E-state index is -0.139. The van der Waals surface area contributed by atoms with Crippen LogP contribution >= 0.6 is 12.4 Å². The summed E-state index contributed by atoms with van der Waals surface area (Å²) in [5, 5.41) is 2.49. The quantitative estimate of drug-likeness (QED) is 0.832. The molecule has 0 bridgehead atoms. The highest BCUT2D eigenvalue weighted by atomic mass is 35.5. The minimum Gasteiger partial charge on any atom is -0.484 e. The molecule has 1 rings (SSSR count). The van der Waals surface area contributed by atoms with E-state index in [0.29, 0.717) is 5.75 Å². The van der Waals surface area contributed by atoms with E-state index in [4.69, 9.17) is 10.5 Å². The predicted molar refractivity (Wildman–Crippen MR) is 70.6 cm³/mol. The SMILES string of the molecule is CNC(=O)COc1ccc(C[C@@H](C)N)cc1.Cl. The summed E-state index contributed by atoms with van der Waals surface area (Å²) < 4.78 is 5.28. The van der Waals surface area contributed by atoms with Crippen LogP contribution in [0.5, 0.6) is 5.75 Å². The molecule has 1 aromatic carbocycles. The molecule has 17 heavy (non-hydrogen) atoms. The summed E-state index contributed by atoms with van der Waals surface area (Å²) in [5.41, 5.74) is 6.86. The van der Waals surface area contributed by atoms with Gasteiger partial charge in [0, 0.05) is 13.1 Å². The number of hydrogen-bond acceptors (Lipinski definition) is 3. The maximum absolute atomic E-state index is 10.9. The Morgan fingerprint density at radius 1 is 1.41 bits per heavy atom. The zero-order chi connectivity index (χ0) is 12.0. The fourth-order valence-electron chi connectivity index (χ4n) is 1.31. The number of rotatable bonds is 5. The number of carbonyl (C=O) groups excluding carboxylic acids is 1. The molecule has 3 N–H and O–H groups in total. The Hall–Kier alpha value is -1.26. The van der Waals surface area contributed by atoms with Crippen molar-refractivity contribution >= 4 is 18.3 Å². The second-order valence-electron chi connectivity index (χ2n) is 3.79. The van der Waals surface area contributed by atoms with Crippen molar-refractivity contribution in [2.75, 3.05) is 13.7 Å². The molecule has 0 aliphatic rings. The maximum atomic E-state index is 10.9. The van der Waals surface area contributed by atoms with Gasteiger partial charge in [-0.15, -0.1) is 12.4 Å². The Morgan fingerprint density at radius 3 is 2.47 bits per heavy atom. The van der Waals surface area contributed by atoms with Crippen LogP contribution in [0, 0.1) is 0 Å². The molecule has 1 aromatic rings. The van der Waals surface area contributed by atoms with Gasteiger partial charge in [-0.25, -0.2) is 0 Å². The lowest BCUT2D eigenvalue weighted by atomic mass is 10.1. The van der Waals surface area contributed by atoms with Crippen LogP contribution < -0.4 is 15.8 Å². The number of nitrogens with one attached hydrogen (secondary N) is 1. The monoisotopic (exact) mass is 258 g/mol. The van der Waals surface area contributed by atoms with Gasteiger partial charge in [-0.2, -0.15) is 0 Å². The van der Waals surface area contributed by atoms with Crippen LogP contribution in [0.15, 0.2) is 24.3 Å². The molecule has 0 unspecified atom stereocenters. The summed E-state index contributed by atoms with van der Waals surface area (Å²) >= 11 is 0. The molecule has 1 atom stereocenters. The summed E-state index contributed by atoms with van der Waals surface area (Å²) in [6.07, 6.45) is 0.843. The number of halogens is 1. The van der Waals surface area contributed by atoms with Gasteiger partial charge in [0.1, 0.15) is 5.75 Å². The Kier molecular flexibility index (Phi) is 7.34. The smallest absolute Gasteiger partial charge is 0.257 e. The number of ether oxygens (including phenoxy) is 1. The zero-order valence-electron chi connectivity index (χ0n) is 10.1. The molecular formula is C12H19ClN2O2. The van der Waals surface area contributed by atoms with Gasteiger partial charge in [0.2, 0.25) is 0 Å². The van der Waals surface area contributed by atoms with Crippen molar-refractivity contribution in [1.82, 2.24) is 5.32 Å². The molecule has 0 heterocycles. The molecule has 0 radical (unpaired) electrons. The molecule has 0 aromatic heterocycles. The number of benzene rings is 1. The van der Waals surface area contributed by atoms with Crippen LogP contribution in [0.2, 0.25) is 0 Å².